The molecule has 3 rings (SSSR count). The summed E-state index contributed by atoms with van der Waals surface area (Å²) < 4.78 is 13.9. The Labute approximate surface area is 194 Å². The fourth-order valence-electron chi connectivity index (χ4n) is 3.76. The van der Waals surface area contributed by atoms with Gasteiger partial charge in [0.25, 0.3) is 11.8 Å². The summed E-state index contributed by atoms with van der Waals surface area (Å²) in [6, 6.07) is 11.0. The molecule has 176 valence electrons. The van der Waals surface area contributed by atoms with Crippen LogP contribution in [0.4, 0.5) is 10.1 Å². The third kappa shape index (κ3) is 5.97. The molecule has 1 atom stereocenters. The fraction of sp³-hybridized carbons (Fsp3) is 0.423. The molecular formula is C26H32FN3O3. The SMILES string of the molecule is Cc1ccc(C(=O)N2CCC(C(=O)NC(C)C(C)C)CC2)cc1NC(=O)c1ccccc1F. The number of benzene rings is 2. The molecule has 1 fully saturated rings. The Bertz CT molecular complexity index is 1030. The summed E-state index contributed by atoms with van der Waals surface area (Å²) in [6.45, 7) is 8.95. The molecule has 2 aromatic rings. The molecule has 6 nitrogen and oxygen atoms in total. The van der Waals surface area contributed by atoms with Gasteiger partial charge in [-0.05, 0) is 62.4 Å². The number of anilines is 1. The smallest absolute Gasteiger partial charge is 0.258 e. The van der Waals surface area contributed by atoms with Crippen LogP contribution in [-0.4, -0.2) is 41.8 Å². The van der Waals surface area contributed by atoms with E-state index in [1.54, 1.807) is 29.2 Å². The van der Waals surface area contributed by atoms with E-state index in [0.717, 1.165) is 5.56 Å². The predicted octanol–water partition coefficient (Wildman–Crippen LogP) is 4.40. The number of nitrogens with one attached hydrogen (secondary N) is 2. The number of nitrogens with zero attached hydrogens (tertiary/aromatic N) is 1. The average Bonchev–Trinajstić information content (AvgIpc) is 2.80. The van der Waals surface area contributed by atoms with E-state index < -0.39 is 11.7 Å². The van der Waals surface area contributed by atoms with E-state index in [2.05, 4.69) is 24.5 Å². The molecule has 7 heteroatoms. The van der Waals surface area contributed by atoms with Crippen molar-refractivity contribution in [2.45, 2.75) is 46.6 Å². The van der Waals surface area contributed by atoms with Gasteiger partial charge < -0.3 is 15.5 Å². The fourth-order valence-corrected chi connectivity index (χ4v) is 3.76. The number of hydrogen-bond donors (Lipinski definition) is 2. The monoisotopic (exact) mass is 453 g/mol. The molecule has 0 radical (unpaired) electrons. The van der Waals surface area contributed by atoms with E-state index in [0.29, 0.717) is 43.1 Å². The third-order valence-electron chi connectivity index (χ3n) is 6.37. The van der Waals surface area contributed by atoms with Crippen molar-refractivity contribution in [2.24, 2.45) is 11.8 Å². The molecule has 2 aromatic carbocycles. The summed E-state index contributed by atoms with van der Waals surface area (Å²) in [5.74, 6) is -0.991. The molecular weight excluding hydrogens is 421 g/mol. The van der Waals surface area contributed by atoms with Gasteiger partial charge in [-0.1, -0.05) is 32.0 Å². The Morgan fingerprint density at radius 3 is 2.33 bits per heavy atom. The van der Waals surface area contributed by atoms with Gasteiger partial charge in [-0.25, -0.2) is 4.39 Å². The molecule has 1 saturated heterocycles. The Morgan fingerprint density at radius 2 is 1.70 bits per heavy atom. The maximum Gasteiger partial charge on any atom is 0.258 e. The highest BCUT2D eigenvalue weighted by Gasteiger charge is 2.29. The zero-order valence-corrected chi connectivity index (χ0v) is 19.7. The predicted molar refractivity (Wildman–Crippen MR) is 127 cm³/mol. The van der Waals surface area contributed by atoms with E-state index in [1.165, 1.54) is 18.2 Å². The van der Waals surface area contributed by atoms with Gasteiger partial charge in [0.2, 0.25) is 5.91 Å². The first-order valence-electron chi connectivity index (χ1n) is 11.4. The third-order valence-corrected chi connectivity index (χ3v) is 6.37. The van der Waals surface area contributed by atoms with Gasteiger partial charge in [-0.2, -0.15) is 0 Å². The number of hydrogen-bond acceptors (Lipinski definition) is 3. The van der Waals surface area contributed by atoms with Gasteiger partial charge in [0.1, 0.15) is 5.82 Å². The average molecular weight is 454 g/mol. The van der Waals surface area contributed by atoms with Crippen LogP contribution in [-0.2, 0) is 4.79 Å². The topological polar surface area (TPSA) is 78.5 Å². The van der Waals surface area contributed by atoms with E-state index in [9.17, 15) is 18.8 Å². The van der Waals surface area contributed by atoms with Crippen LogP contribution in [0.3, 0.4) is 0 Å². The lowest BCUT2D eigenvalue weighted by atomic mass is 9.94. The van der Waals surface area contributed by atoms with Gasteiger partial charge in [-0.15, -0.1) is 0 Å². The van der Waals surface area contributed by atoms with Crippen molar-refractivity contribution < 1.29 is 18.8 Å². The highest BCUT2D eigenvalue weighted by molar-refractivity contribution is 6.05. The number of piperidine rings is 1. The number of aryl methyl sites for hydroxylation is 1. The lowest BCUT2D eigenvalue weighted by Gasteiger charge is -2.32. The maximum atomic E-state index is 13.9. The molecule has 0 aliphatic carbocycles. The Hall–Kier alpha value is -3.22. The number of amides is 3. The first-order valence-corrected chi connectivity index (χ1v) is 11.4. The number of carbonyl (C=O) groups is 3. The zero-order chi connectivity index (χ0) is 24.1. The van der Waals surface area contributed by atoms with Crippen LogP contribution in [0.1, 0.15) is 59.9 Å². The minimum absolute atomic E-state index is 0.0526. The normalized spacial score (nSPS) is 15.3. The Morgan fingerprint density at radius 1 is 1.03 bits per heavy atom. The molecule has 1 unspecified atom stereocenters. The van der Waals surface area contributed by atoms with Crippen LogP contribution >= 0.6 is 0 Å². The number of likely N-dealkylation sites (tertiary alicyclic amines) is 1. The van der Waals surface area contributed by atoms with Gasteiger partial charge >= 0.3 is 0 Å². The van der Waals surface area contributed by atoms with Gasteiger partial charge in [0, 0.05) is 36.3 Å². The molecule has 33 heavy (non-hydrogen) atoms. The number of carbonyl (C=O) groups excluding carboxylic acids is 3. The highest BCUT2D eigenvalue weighted by Crippen LogP contribution is 2.23. The Balaban J connectivity index is 1.64. The molecule has 3 amide bonds. The highest BCUT2D eigenvalue weighted by atomic mass is 19.1. The van der Waals surface area contributed by atoms with Crippen LogP contribution in [0, 0.1) is 24.6 Å². The van der Waals surface area contributed by atoms with Crippen LogP contribution in [0.15, 0.2) is 42.5 Å². The summed E-state index contributed by atoms with van der Waals surface area (Å²) in [6.07, 6.45) is 1.23. The van der Waals surface area contributed by atoms with Crippen LogP contribution in [0.2, 0.25) is 0 Å². The van der Waals surface area contributed by atoms with E-state index in [1.807, 2.05) is 13.8 Å². The first kappa shape index (κ1) is 24.4. The van der Waals surface area contributed by atoms with E-state index in [4.69, 9.17) is 0 Å². The van der Waals surface area contributed by atoms with Crippen molar-refractivity contribution >= 4 is 23.4 Å². The first-order chi connectivity index (χ1) is 15.7. The summed E-state index contributed by atoms with van der Waals surface area (Å²) in [4.78, 5) is 39.8. The molecule has 0 spiro atoms. The number of halogens is 1. The summed E-state index contributed by atoms with van der Waals surface area (Å²) in [5.41, 5.74) is 1.62. The molecule has 1 aliphatic rings. The lowest BCUT2D eigenvalue weighted by Crippen LogP contribution is -2.45. The molecule has 0 bridgehead atoms. The summed E-state index contributed by atoms with van der Waals surface area (Å²) in [7, 11) is 0. The van der Waals surface area contributed by atoms with Gasteiger partial charge in [0.15, 0.2) is 0 Å². The van der Waals surface area contributed by atoms with E-state index in [-0.39, 0.29) is 29.3 Å². The van der Waals surface area contributed by atoms with Gasteiger partial charge in [-0.3, -0.25) is 14.4 Å². The van der Waals surface area contributed by atoms with Crippen molar-refractivity contribution in [3.8, 4) is 0 Å². The van der Waals surface area contributed by atoms with Gasteiger partial charge in [0.05, 0.1) is 5.56 Å². The lowest BCUT2D eigenvalue weighted by molar-refractivity contribution is -0.127. The zero-order valence-electron chi connectivity index (χ0n) is 19.7. The van der Waals surface area contributed by atoms with Crippen molar-refractivity contribution in [2.75, 3.05) is 18.4 Å². The minimum Gasteiger partial charge on any atom is -0.353 e. The van der Waals surface area contributed by atoms with Crippen molar-refractivity contribution in [3.63, 3.8) is 0 Å². The van der Waals surface area contributed by atoms with Crippen LogP contribution < -0.4 is 10.6 Å². The molecule has 0 aromatic heterocycles. The number of rotatable bonds is 6. The molecule has 2 N–H and O–H groups in total. The standard InChI is InChI=1S/C26H32FN3O3/c1-16(2)18(4)28-24(31)19-11-13-30(14-12-19)26(33)20-10-9-17(3)23(15-20)29-25(32)21-7-5-6-8-22(21)27/h5-10,15-16,18-19H,11-14H2,1-4H3,(H,28,31)(H,29,32). The second-order valence-electron chi connectivity index (χ2n) is 9.07. The molecule has 1 heterocycles. The van der Waals surface area contributed by atoms with E-state index >= 15 is 0 Å². The quantitative estimate of drug-likeness (QED) is 0.681. The maximum absolute atomic E-state index is 13.9. The minimum atomic E-state index is -0.602. The summed E-state index contributed by atoms with van der Waals surface area (Å²) in [5, 5.41) is 5.78. The van der Waals surface area contributed by atoms with Crippen LogP contribution in [0.5, 0.6) is 0 Å². The largest absolute Gasteiger partial charge is 0.353 e. The molecule has 0 saturated carbocycles. The Kier molecular flexibility index (Phi) is 7.84. The second-order valence-corrected chi connectivity index (χ2v) is 9.07. The van der Waals surface area contributed by atoms with Crippen LogP contribution in [0.25, 0.3) is 0 Å². The molecule has 1 aliphatic heterocycles. The summed E-state index contributed by atoms with van der Waals surface area (Å²) >= 11 is 0. The van der Waals surface area contributed by atoms with Crippen molar-refractivity contribution in [3.05, 3.63) is 65.0 Å². The van der Waals surface area contributed by atoms with Crippen molar-refractivity contribution in [1.29, 1.82) is 0 Å². The second kappa shape index (κ2) is 10.6. The van der Waals surface area contributed by atoms with Crippen molar-refractivity contribution in [1.82, 2.24) is 10.2 Å².